The van der Waals surface area contributed by atoms with Crippen molar-refractivity contribution >= 4 is 44.7 Å². The molecule has 1 aromatic heterocycles. The molecule has 3 aromatic rings. The molecule has 9 heteroatoms. The first-order valence-electron chi connectivity index (χ1n) is 14.0. The van der Waals surface area contributed by atoms with Gasteiger partial charge in [0.25, 0.3) is 0 Å². The summed E-state index contributed by atoms with van der Waals surface area (Å²) < 4.78 is 12.7. The summed E-state index contributed by atoms with van der Waals surface area (Å²) in [6.45, 7) is 7.63. The Kier molecular flexibility index (Phi) is 9.01. The lowest BCUT2D eigenvalue weighted by molar-refractivity contribution is -0.145. The second-order valence-electron chi connectivity index (χ2n) is 10.2. The molecule has 1 unspecified atom stereocenters. The number of ether oxygens (including phenoxy) is 2. The Morgan fingerprint density at radius 1 is 1.05 bits per heavy atom. The zero-order valence-electron chi connectivity index (χ0n) is 22.6. The van der Waals surface area contributed by atoms with Gasteiger partial charge in [0.1, 0.15) is 11.8 Å². The van der Waals surface area contributed by atoms with Crippen molar-refractivity contribution in [3.8, 4) is 5.75 Å². The summed E-state index contributed by atoms with van der Waals surface area (Å²) in [5.74, 6) is 0.164. The van der Waals surface area contributed by atoms with Crippen LogP contribution in [0.5, 0.6) is 5.75 Å². The Hall–Kier alpha value is -3.14. The molecule has 0 aliphatic carbocycles. The van der Waals surface area contributed by atoms with Crippen LogP contribution in [0.3, 0.4) is 0 Å². The SMILES string of the molecule is CCC(N)C(=O)OCN1C(=O)CCc2ccc(OCCCCN3CCN(c4cccc5sccc45)CC3)cc21. The monoisotopic (exact) mass is 550 g/mol. The molecular formula is C30H38N4O4S. The van der Waals surface area contributed by atoms with Gasteiger partial charge in [0.2, 0.25) is 5.91 Å². The normalized spacial score (nSPS) is 16.8. The lowest BCUT2D eigenvalue weighted by Crippen LogP contribution is -2.46. The van der Waals surface area contributed by atoms with Crippen molar-refractivity contribution in [2.45, 2.75) is 45.1 Å². The number of aryl methyl sites for hydroxylation is 1. The molecule has 39 heavy (non-hydrogen) atoms. The summed E-state index contributed by atoms with van der Waals surface area (Å²) in [5, 5.41) is 3.54. The van der Waals surface area contributed by atoms with Crippen LogP contribution in [-0.2, 0) is 20.7 Å². The summed E-state index contributed by atoms with van der Waals surface area (Å²) in [5.41, 5.74) is 8.91. The number of thiophene rings is 1. The summed E-state index contributed by atoms with van der Waals surface area (Å²) in [7, 11) is 0. The fraction of sp³-hybridized carbons (Fsp3) is 0.467. The molecule has 2 aliphatic heterocycles. The van der Waals surface area contributed by atoms with E-state index in [9.17, 15) is 9.59 Å². The van der Waals surface area contributed by atoms with Gasteiger partial charge in [-0.05, 0) is 67.4 Å². The van der Waals surface area contributed by atoms with Crippen molar-refractivity contribution in [2.24, 2.45) is 5.73 Å². The maximum atomic E-state index is 12.6. The van der Waals surface area contributed by atoms with Crippen LogP contribution in [0.15, 0.2) is 47.8 Å². The average molecular weight is 551 g/mol. The molecular weight excluding hydrogens is 512 g/mol. The molecule has 5 rings (SSSR count). The maximum absolute atomic E-state index is 12.6. The third-order valence-corrected chi connectivity index (χ3v) is 8.54. The van der Waals surface area contributed by atoms with Crippen LogP contribution in [0.25, 0.3) is 10.1 Å². The third kappa shape index (κ3) is 6.54. The number of fused-ring (bicyclic) bond motifs is 2. The number of esters is 1. The van der Waals surface area contributed by atoms with Gasteiger partial charge in [-0.25, -0.2) is 0 Å². The minimum atomic E-state index is -0.677. The number of nitrogens with zero attached hydrogens (tertiary/aromatic N) is 3. The van der Waals surface area contributed by atoms with Gasteiger partial charge in [0.15, 0.2) is 6.73 Å². The number of hydrogen-bond donors (Lipinski definition) is 1. The Morgan fingerprint density at radius 2 is 1.90 bits per heavy atom. The fourth-order valence-electron chi connectivity index (χ4n) is 5.24. The van der Waals surface area contributed by atoms with Crippen molar-refractivity contribution in [3.63, 3.8) is 0 Å². The predicted octanol–water partition coefficient (Wildman–Crippen LogP) is 4.40. The molecule has 0 spiro atoms. The van der Waals surface area contributed by atoms with E-state index in [1.165, 1.54) is 20.7 Å². The number of unbranched alkanes of at least 4 members (excludes halogenated alkanes) is 1. The Bertz CT molecular complexity index is 1290. The molecule has 2 N–H and O–H groups in total. The first kappa shape index (κ1) is 27.4. The molecule has 2 aliphatic rings. The number of anilines is 2. The molecule has 8 nitrogen and oxygen atoms in total. The van der Waals surface area contributed by atoms with Crippen LogP contribution >= 0.6 is 11.3 Å². The van der Waals surface area contributed by atoms with E-state index >= 15 is 0 Å². The van der Waals surface area contributed by atoms with E-state index in [-0.39, 0.29) is 12.6 Å². The van der Waals surface area contributed by atoms with Crippen LogP contribution in [-0.4, -0.2) is 68.9 Å². The number of piperazine rings is 1. The van der Waals surface area contributed by atoms with Crippen molar-refractivity contribution in [1.29, 1.82) is 0 Å². The highest BCUT2D eigenvalue weighted by atomic mass is 32.1. The fourth-order valence-corrected chi connectivity index (χ4v) is 6.05. The first-order valence-corrected chi connectivity index (χ1v) is 14.8. The van der Waals surface area contributed by atoms with E-state index in [0.29, 0.717) is 25.9 Å². The first-order chi connectivity index (χ1) is 19.0. The molecule has 208 valence electrons. The molecule has 1 saturated heterocycles. The van der Waals surface area contributed by atoms with E-state index in [1.807, 2.05) is 25.1 Å². The maximum Gasteiger partial charge on any atom is 0.324 e. The van der Waals surface area contributed by atoms with Crippen molar-refractivity contribution in [2.75, 3.05) is 55.9 Å². The number of amides is 1. The number of hydrogen-bond acceptors (Lipinski definition) is 8. The molecule has 1 amide bonds. The molecule has 2 aromatic carbocycles. The summed E-state index contributed by atoms with van der Waals surface area (Å²) in [6, 6.07) is 14.0. The number of carbonyl (C=O) groups is 2. The number of carbonyl (C=O) groups excluding carboxylic acids is 2. The standard InChI is InChI=1S/C30H38N4O4S/c1-2-25(31)30(36)38-21-34-27-20-23(10-8-22(27)9-11-29(34)35)37-18-4-3-13-32-14-16-33(17-15-32)26-6-5-7-28-24(26)12-19-39-28/h5-8,10,12,19-20,25H,2-4,9,11,13-18,21,31H2,1H3. The van der Waals surface area contributed by atoms with Crippen molar-refractivity contribution in [1.82, 2.24) is 4.90 Å². The largest absolute Gasteiger partial charge is 0.494 e. The van der Waals surface area contributed by atoms with Gasteiger partial charge in [-0.1, -0.05) is 19.1 Å². The zero-order chi connectivity index (χ0) is 27.2. The van der Waals surface area contributed by atoms with E-state index in [0.717, 1.165) is 62.6 Å². The topological polar surface area (TPSA) is 88.3 Å². The van der Waals surface area contributed by atoms with Gasteiger partial charge in [0.05, 0.1) is 12.3 Å². The van der Waals surface area contributed by atoms with Crippen LogP contribution in [0.1, 0.15) is 38.2 Å². The Morgan fingerprint density at radius 3 is 2.72 bits per heavy atom. The highest BCUT2D eigenvalue weighted by molar-refractivity contribution is 7.17. The smallest absolute Gasteiger partial charge is 0.324 e. The third-order valence-electron chi connectivity index (χ3n) is 7.66. The molecule has 0 bridgehead atoms. The minimum absolute atomic E-state index is 0.0652. The van der Waals surface area contributed by atoms with Gasteiger partial charge in [0, 0.05) is 54.4 Å². The predicted molar refractivity (Wildman–Crippen MR) is 157 cm³/mol. The van der Waals surface area contributed by atoms with Crippen LogP contribution in [0, 0.1) is 0 Å². The lowest BCUT2D eigenvalue weighted by Gasteiger charge is -2.36. The van der Waals surface area contributed by atoms with Crippen LogP contribution in [0.2, 0.25) is 0 Å². The summed E-state index contributed by atoms with van der Waals surface area (Å²) >= 11 is 1.80. The summed E-state index contributed by atoms with van der Waals surface area (Å²) in [4.78, 5) is 31.2. The van der Waals surface area contributed by atoms with E-state index < -0.39 is 12.0 Å². The van der Waals surface area contributed by atoms with Gasteiger partial charge in [-0.15, -0.1) is 11.3 Å². The molecule has 0 radical (unpaired) electrons. The van der Waals surface area contributed by atoms with Gasteiger partial charge < -0.3 is 20.1 Å². The number of nitrogens with two attached hydrogens (primary N) is 1. The van der Waals surface area contributed by atoms with Crippen molar-refractivity contribution < 1.29 is 19.1 Å². The number of benzene rings is 2. The van der Waals surface area contributed by atoms with Gasteiger partial charge in [-0.2, -0.15) is 0 Å². The van der Waals surface area contributed by atoms with E-state index in [4.69, 9.17) is 15.2 Å². The minimum Gasteiger partial charge on any atom is -0.494 e. The van der Waals surface area contributed by atoms with Gasteiger partial charge >= 0.3 is 5.97 Å². The van der Waals surface area contributed by atoms with Crippen LogP contribution < -0.4 is 20.3 Å². The second-order valence-corrected chi connectivity index (χ2v) is 11.2. The molecule has 0 saturated carbocycles. The van der Waals surface area contributed by atoms with Crippen LogP contribution in [0.4, 0.5) is 11.4 Å². The second kappa shape index (κ2) is 12.8. The number of rotatable bonds is 11. The van der Waals surface area contributed by atoms with Gasteiger partial charge in [-0.3, -0.25) is 19.4 Å². The quantitative estimate of drug-likeness (QED) is 0.280. The van der Waals surface area contributed by atoms with E-state index in [2.05, 4.69) is 39.4 Å². The molecule has 1 atom stereocenters. The highest BCUT2D eigenvalue weighted by Crippen LogP contribution is 2.32. The Labute approximate surface area is 234 Å². The van der Waals surface area contributed by atoms with E-state index in [1.54, 1.807) is 11.3 Å². The Balaban J connectivity index is 1.06. The highest BCUT2D eigenvalue weighted by Gasteiger charge is 2.26. The summed E-state index contributed by atoms with van der Waals surface area (Å²) in [6.07, 6.45) is 3.58. The molecule has 3 heterocycles. The average Bonchev–Trinajstić information content (AvgIpc) is 3.45. The van der Waals surface area contributed by atoms with Crippen molar-refractivity contribution in [3.05, 3.63) is 53.4 Å². The molecule has 1 fully saturated rings. The lowest BCUT2D eigenvalue weighted by atomic mass is 10.0. The zero-order valence-corrected chi connectivity index (χ0v) is 23.5.